The molecule has 0 atom stereocenters. The number of aromatic amines is 1. The fraction of sp³-hybridized carbons (Fsp3) is 0.0714. The maximum absolute atomic E-state index is 12.2. The molecule has 2 heterocycles. The molecule has 0 saturated carbocycles. The van der Waals surface area contributed by atoms with Crippen molar-refractivity contribution in [2.45, 2.75) is 6.92 Å². The molecule has 2 N–H and O–H groups in total. The lowest BCUT2D eigenvalue weighted by Gasteiger charge is -2.06. The Hall–Kier alpha value is -2.21. The minimum absolute atomic E-state index is 0.198. The SMILES string of the molecule is Cc1nc(NC(=O)c2ccc3nc[nH]c3c2)ccc1Br. The third-order valence-electron chi connectivity index (χ3n) is 2.95. The molecule has 0 aliphatic carbocycles. The van der Waals surface area contributed by atoms with Crippen molar-refractivity contribution in [3.63, 3.8) is 0 Å². The molecule has 0 bridgehead atoms. The van der Waals surface area contributed by atoms with Crippen molar-refractivity contribution < 1.29 is 4.79 Å². The van der Waals surface area contributed by atoms with Crippen molar-refractivity contribution in [3.8, 4) is 0 Å². The Morgan fingerprint density at radius 1 is 1.30 bits per heavy atom. The number of carbonyl (C=O) groups is 1. The highest BCUT2D eigenvalue weighted by atomic mass is 79.9. The van der Waals surface area contributed by atoms with Crippen LogP contribution in [0.1, 0.15) is 16.1 Å². The third kappa shape index (κ3) is 2.42. The van der Waals surface area contributed by atoms with Crippen molar-refractivity contribution in [2.75, 3.05) is 5.32 Å². The van der Waals surface area contributed by atoms with Gasteiger partial charge in [0.25, 0.3) is 5.91 Å². The number of rotatable bonds is 2. The minimum Gasteiger partial charge on any atom is -0.345 e. The largest absolute Gasteiger partial charge is 0.345 e. The van der Waals surface area contributed by atoms with Crippen LogP contribution in [0, 0.1) is 6.92 Å². The van der Waals surface area contributed by atoms with Crippen LogP contribution in [0.3, 0.4) is 0 Å². The van der Waals surface area contributed by atoms with E-state index in [4.69, 9.17) is 0 Å². The number of nitrogens with zero attached hydrogens (tertiary/aromatic N) is 2. The lowest BCUT2D eigenvalue weighted by atomic mass is 10.2. The van der Waals surface area contributed by atoms with E-state index in [9.17, 15) is 4.79 Å². The zero-order valence-corrected chi connectivity index (χ0v) is 12.2. The average molecular weight is 331 g/mol. The molecule has 3 aromatic rings. The lowest BCUT2D eigenvalue weighted by Crippen LogP contribution is -2.13. The number of pyridine rings is 1. The third-order valence-corrected chi connectivity index (χ3v) is 3.78. The van der Waals surface area contributed by atoms with Crippen LogP contribution in [0.25, 0.3) is 11.0 Å². The molecule has 1 amide bonds. The monoisotopic (exact) mass is 330 g/mol. The Morgan fingerprint density at radius 2 is 2.15 bits per heavy atom. The minimum atomic E-state index is -0.198. The van der Waals surface area contributed by atoms with Gasteiger partial charge in [0.1, 0.15) is 5.82 Å². The summed E-state index contributed by atoms with van der Waals surface area (Å²) in [7, 11) is 0. The molecule has 1 aromatic carbocycles. The average Bonchev–Trinajstić information content (AvgIpc) is 2.90. The maximum Gasteiger partial charge on any atom is 0.256 e. The first-order chi connectivity index (χ1) is 9.63. The van der Waals surface area contributed by atoms with Crippen molar-refractivity contribution in [3.05, 3.63) is 52.4 Å². The van der Waals surface area contributed by atoms with Gasteiger partial charge >= 0.3 is 0 Å². The van der Waals surface area contributed by atoms with Crippen LogP contribution in [0.2, 0.25) is 0 Å². The predicted molar refractivity (Wildman–Crippen MR) is 80.7 cm³/mol. The first-order valence-electron chi connectivity index (χ1n) is 6.01. The molecular formula is C14H11BrN4O. The van der Waals surface area contributed by atoms with Crippen LogP contribution >= 0.6 is 15.9 Å². The quantitative estimate of drug-likeness (QED) is 0.757. The summed E-state index contributed by atoms with van der Waals surface area (Å²) in [6.45, 7) is 1.87. The molecule has 0 fully saturated rings. The summed E-state index contributed by atoms with van der Waals surface area (Å²) >= 11 is 3.38. The van der Waals surface area contributed by atoms with Gasteiger partial charge in [-0.05, 0) is 53.2 Å². The summed E-state index contributed by atoms with van der Waals surface area (Å²) < 4.78 is 0.911. The molecular weight excluding hydrogens is 320 g/mol. The Labute approximate surface area is 123 Å². The van der Waals surface area contributed by atoms with E-state index in [1.54, 1.807) is 30.6 Å². The molecule has 0 unspecified atom stereocenters. The summed E-state index contributed by atoms with van der Waals surface area (Å²) in [5.74, 6) is 0.330. The molecule has 20 heavy (non-hydrogen) atoms. The number of hydrogen-bond acceptors (Lipinski definition) is 3. The van der Waals surface area contributed by atoms with Gasteiger partial charge in [0.15, 0.2) is 0 Å². The van der Waals surface area contributed by atoms with Gasteiger partial charge in [-0.15, -0.1) is 0 Å². The highest BCUT2D eigenvalue weighted by molar-refractivity contribution is 9.10. The van der Waals surface area contributed by atoms with Crippen LogP contribution in [0.5, 0.6) is 0 Å². The highest BCUT2D eigenvalue weighted by Crippen LogP contribution is 2.17. The van der Waals surface area contributed by atoms with E-state index in [1.807, 2.05) is 13.0 Å². The summed E-state index contributed by atoms with van der Waals surface area (Å²) in [6.07, 6.45) is 1.60. The van der Waals surface area contributed by atoms with E-state index < -0.39 is 0 Å². The van der Waals surface area contributed by atoms with Crippen molar-refractivity contribution in [1.29, 1.82) is 0 Å². The number of hydrogen-bond donors (Lipinski definition) is 2. The molecule has 100 valence electrons. The second-order valence-electron chi connectivity index (χ2n) is 4.35. The number of anilines is 1. The highest BCUT2D eigenvalue weighted by Gasteiger charge is 2.09. The topological polar surface area (TPSA) is 70.7 Å². The van der Waals surface area contributed by atoms with Crippen molar-refractivity contribution in [1.82, 2.24) is 15.0 Å². The molecule has 0 radical (unpaired) electrons. The number of imidazole rings is 1. The molecule has 3 rings (SSSR count). The Balaban J connectivity index is 1.86. The number of fused-ring (bicyclic) bond motifs is 1. The molecule has 0 saturated heterocycles. The summed E-state index contributed by atoms with van der Waals surface area (Å²) in [5, 5.41) is 2.78. The Kier molecular flexibility index (Phi) is 3.23. The van der Waals surface area contributed by atoms with E-state index >= 15 is 0 Å². The van der Waals surface area contributed by atoms with Gasteiger partial charge in [0.05, 0.1) is 23.1 Å². The molecule has 0 spiro atoms. The van der Waals surface area contributed by atoms with E-state index in [-0.39, 0.29) is 5.91 Å². The predicted octanol–water partition coefficient (Wildman–Crippen LogP) is 3.28. The van der Waals surface area contributed by atoms with Gasteiger partial charge in [-0.3, -0.25) is 4.79 Å². The van der Waals surface area contributed by atoms with Gasteiger partial charge in [-0.25, -0.2) is 9.97 Å². The van der Waals surface area contributed by atoms with Gasteiger partial charge in [-0.2, -0.15) is 0 Å². The van der Waals surface area contributed by atoms with E-state index in [2.05, 4.69) is 36.2 Å². The van der Waals surface area contributed by atoms with E-state index in [1.165, 1.54) is 0 Å². The molecule has 0 aliphatic rings. The zero-order chi connectivity index (χ0) is 14.1. The van der Waals surface area contributed by atoms with Gasteiger partial charge < -0.3 is 10.3 Å². The smallest absolute Gasteiger partial charge is 0.256 e. The van der Waals surface area contributed by atoms with Crippen LogP contribution < -0.4 is 5.32 Å². The molecule has 2 aromatic heterocycles. The number of amides is 1. The van der Waals surface area contributed by atoms with Gasteiger partial charge in [-0.1, -0.05) is 0 Å². The number of aromatic nitrogens is 3. The molecule has 0 aliphatic heterocycles. The van der Waals surface area contributed by atoms with Gasteiger partial charge in [0, 0.05) is 10.0 Å². The normalized spacial score (nSPS) is 10.7. The molecule has 5 nitrogen and oxygen atoms in total. The van der Waals surface area contributed by atoms with Crippen LogP contribution in [0.4, 0.5) is 5.82 Å². The maximum atomic E-state index is 12.2. The summed E-state index contributed by atoms with van der Waals surface area (Å²) in [6, 6.07) is 8.92. The fourth-order valence-electron chi connectivity index (χ4n) is 1.88. The van der Waals surface area contributed by atoms with Crippen LogP contribution in [-0.2, 0) is 0 Å². The zero-order valence-electron chi connectivity index (χ0n) is 10.6. The second kappa shape index (κ2) is 5.05. The number of benzene rings is 1. The van der Waals surface area contributed by atoms with E-state index in [0.717, 1.165) is 21.2 Å². The first-order valence-corrected chi connectivity index (χ1v) is 6.80. The Bertz CT molecular complexity index is 797. The standard InChI is InChI=1S/C14H11BrN4O/c1-8-10(15)3-5-13(18-8)19-14(20)9-2-4-11-12(6-9)17-7-16-11/h2-7H,1H3,(H,16,17)(H,18,19,20). The first kappa shape index (κ1) is 12.8. The van der Waals surface area contributed by atoms with Crippen molar-refractivity contribution >= 4 is 38.7 Å². The number of halogens is 1. The molecule has 6 heteroatoms. The Morgan fingerprint density at radius 3 is 2.95 bits per heavy atom. The van der Waals surface area contributed by atoms with E-state index in [0.29, 0.717) is 11.4 Å². The number of H-pyrrole nitrogens is 1. The number of nitrogens with one attached hydrogen (secondary N) is 2. The number of aryl methyl sites for hydroxylation is 1. The van der Waals surface area contributed by atoms with Gasteiger partial charge in [0.2, 0.25) is 0 Å². The lowest BCUT2D eigenvalue weighted by molar-refractivity contribution is 0.102. The fourth-order valence-corrected chi connectivity index (χ4v) is 2.10. The summed E-state index contributed by atoms with van der Waals surface area (Å²) in [4.78, 5) is 23.6. The summed E-state index contributed by atoms with van der Waals surface area (Å²) in [5.41, 5.74) is 3.05. The van der Waals surface area contributed by atoms with Crippen molar-refractivity contribution in [2.24, 2.45) is 0 Å². The van der Waals surface area contributed by atoms with Crippen LogP contribution in [0.15, 0.2) is 41.1 Å². The van der Waals surface area contributed by atoms with Crippen LogP contribution in [-0.4, -0.2) is 20.9 Å². The second-order valence-corrected chi connectivity index (χ2v) is 5.21. The number of carbonyl (C=O) groups excluding carboxylic acids is 1.